The van der Waals surface area contributed by atoms with E-state index in [9.17, 15) is 0 Å². The van der Waals surface area contributed by atoms with Crippen molar-refractivity contribution < 1.29 is 0 Å². The number of hydrogen-bond donors (Lipinski definition) is 1. The van der Waals surface area contributed by atoms with Gasteiger partial charge in [-0.1, -0.05) is 12.1 Å². The van der Waals surface area contributed by atoms with Crippen molar-refractivity contribution in [3.8, 4) is 6.07 Å². The predicted octanol–water partition coefficient (Wildman–Crippen LogP) is 3.92. The quantitative estimate of drug-likeness (QED) is 0.892. The summed E-state index contributed by atoms with van der Waals surface area (Å²) in [6.07, 6.45) is 4.25. The van der Waals surface area contributed by atoms with Crippen LogP contribution in [-0.4, -0.2) is 4.57 Å². The number of hydrogen-bond acceptors (Lipinski definition) is 2. The first-order chi connectivity index (χ1) is 9.55. The minimum absolute atomic E-state index is 0.434. The summed E-state index contributed by atoms with van der Waals surface area (Å²) in [6.45, 7) is 7.81. The molecule has 1 aromatic carbocycles. The Morgan fingerprint density at radius 2 is 1.90 bits per heavy atom. The number of rotatable bonds is 5. The minimum Gasteiger partial charge on any atom is -0.381 e. The lowest BCUT2D eigenvalue weighted by atomic mass is 9.86. The van der Waals surface area contributed by atoms with E-state index in [1.54, 1.807) is 0 Å². The Morgan fingerprint density at radius 1 is 1.20 bits per heavy atom. The molecule has 2 aromatic rings. The van der Waals surface area contributed by atoms with Gasteiger partial charge in [0.25, 0.3) is 0 Å². The Bertz CT molecular complexity index is 600. The monoisotopic (exact) mass is 267 g/mol. The fourth-order valence-electron chi connectivity index (χ4n) is 2.07. The summed E-state index contributed by atoms with van der Waals surface area (Å²) in [5.41, 5.74) is 2.96. The van der Waals surface area contributed by atoms with Gasteiger partial charge in [-0.15, -0.1) is 0 Å². The lowest BCUT2D eigenvalue weighted by Crippen LogP contribution is -2.13. The fraction of sp³-hybridized carbons (Fsp3) is 0.353. The van der Waals surface area contributed by atoms with Gasteiger partial charge < -0.3 is 9.88 Å². The first-order valence-electron chi connectivity index (χ1n) is 6.95. The Kier molecular flexibility index (Phi) is 4.14. The van der Waals surface area contributed by atoms with E-state index in [4.69, 9.17) is 5.26 Å². The molecule has 1 heterocycles. The molecule has 3 heteroatoms. The highest BCUT2D eigenvalue weighted by Crippen LogP contribution is 2.23. The minimum atomic E-state index is -0.434. The smallest absolute Gasteiger partial charge is 0.0766 e. The van der Waals surface area contributed by atoms with E-state index in [1.807, 2.05) is 38.1 Å². The van der Waals surface area contributed by atoms with Gasteiger partial charge in [0.1, 0.15) is 0 Å². The maximum Gasteiger partial charge on any atom is 0.0766 e. The number of nitriles is 1. The molecule has 0 aliphatic heterocycles. The summed E-state index contributed by atoms with van der Waals surface area (Å²) in [5, 5.41) is 12.5. The van der Waals surface area contributed by atoms with Crippen molar-refractivity contribution in [3.63, 3.8) is 0 Å². The Hall–Kier alpha value is -2.21. The zero-order chi connectivity index (χ0) is 14.6. The summed E-state index contributed by atoms with van der Waals surface area (Å²) in [5.74, 6) is 0. The fourth-order valence-corrected chi connectivity index (χ4v) is 2.07. The van der Waals surface area contributed by atoms with E-state index in [2.05, 4.69) is 41.3 Å². The standard InChI is InChI=1S/C17H21N3/c1-4-20-10-9-14(12-20)11-19-16-7-5-15(6-8-16)17(2,3)13-18/h5-10,12,19H,4,11H2,1-3H3. The van der Waals surface area contributed by atoms with Gasteiger partial charge in [-0.05, 0) is 50.1 Å². The van der Waals surface area contributed by atoms with E-state index in [0.29, 0.717) is 0 Å². The highest BCUT2D eigenvalue weighted by atomic mass is 14.9. The van der Waals surface area contributed by atoms with Crippen molar-refractivity contribution in [3.05, 3.63) is 53.9 Å². The summed E-state index contributed by atoms with van der Waals surface area (Å²) >= 11 is 0. The Morgan fingerprint density at radius 3 is 2.45 bits per heavy atom. The number of aromatic nitrogens is 1. The first-order valence-corrected chi connectivity index (χ1v) is 6.95. The second-order valence-corrected chi connectivity index (χ2v) is 5.52. The number of benzene rings is 1. The number of nitrogens with zero attached hydrogens (tertiary/aromatic N) is 2. The SMILES string of the molecule is CCn1ccc(CNc2ccc(C(C)(C)C#N)cc2)c1. The topological polar surface area (TPSA) is 40.8 Å². The molecule has 0 spiro atoms. The molecule has 1 aromatic heterocycles. The maximum absolute atomic E-state index is 9.13. The average molecular weight is 267 g/mol. The molecule has 0 atom stereocenters. The molecule has 0 saturated heterocycles. The Balaban J connectivity index is 1.99. The van der Waals surface area contributed by atoms with Crippen LogP contribution >= 0.6 is 0 Å². The summed E-state index contributed by atoms with van der Waals surface area (Å²) < 4.78 is 2.16. The third kappa shape index (κ3) is 3.21. The lowest BCUT2D eigenvalue weighted by molar-refractivity contribution is 0.687. The average Bonchev–Trinajstić information content (AvgIpc) is 2.93. The van der Waals surface area contributed by atoms with Gasteiger partial charge in [0.15, 0.2) is 0 Å². The maximum atomic E-state index is 9.13. The molecule has 0 amide bonds. The van der Waals surface area contributed by atoms with Crippen LogP contribution in [-0.2, 0) is 18.5 Å². The van der Waals surface area contributed by atoms with Crippen molar-refractivity contribution in [2.45, 2.75) is 39.3 Å². The lowest BCUT2D eigenvalue weighted by Gasteiger charge is -2.16. The van der Waals surface area contributed by atoms with Crippen LogP contribution in [0.25, 0.3) is 0 Å². The molecule has 0 bridgehead atoms. The molecule has 0 aliphatic carbocycles. The van der Waals surface area contributed by atoms with Gasteiger partial charge in [-0.2, -0.15) is 5.26 Å². The van der Waals surface area contributed by atoms with Crippen LogP contribution in [0, 0.1) is 11.3 Å². The zero-order valence-electron chi connectivity index (χ0n) is 12.4. The molecule has 104 valence electrons. The molecule has 0 radical (unpaired) electrons. The van der Waals surface area contributed by atoms with Crippen molar-refractivity contribution >= 4 is 5.69 Å². The van der Waals surface area contributed by atoms with E-state index in [-0.39, 0.29) is 0 Å². The van der Waals surface area contributed by atoms with E-state index >= 15 is 0 Å². The van der Waals surface area contributed by atoms with Crippen molar-refractivity contribution in [1.29, 1.82) is 5.26 Å². The van der Waals surface area contributed by atoms with Crippen LogP contribution in [0.1, 0.15) is 31.9 Å². The molecular weight excluding hydrogens is 246 g/mol. The Labute approximate surface area is 120 Å². The van der Waals surface area contributed by atoms with Crippen molar-refractivity contribution in [2.75, 3.05) is 5.32 Å². The number of aryl methyl sites for hydroxylation is 1. The van der Waals surface area contributed by atoms with Crippen molar-refractivity contribution in [1.82, 2.24) is 4.57 Å². The summed E-state index contributed by atoms with van der Waals surface area (Å²) in [4.78, 5) is 0. The molecule has 3 nitrogen and oxygen atoms in total. The summed E-state index contributed by atoms with van der Waals surface area (Å²) in [7, 11) is 0. The van der Waals surface area contributed by atoms with Crippen LogP contribution in [0.2, 0.25) is 0 Å². The molecular formula is C17H21N3. The third-order valence-electron chi connectivity index (χ3n) is 3.56. The molecule has 0 fully saturated rings. The van der Waals surface area contributed by atoms with Crippen LogP contribution in [0.4, 0.5) is 5.69 Å². The second-order valence-electron chi connectivity index (χ2n) is 5.52. The molecule has 0 unspecified atom stereocenters. The van der Waals surface area contributed by atoms with Gasteiger partial charge in [-0.25, -0.2) is 0 Å². The van der Waals surface area contributed by atoms with Crippen molar-refractivity contribution in [2.24, 2.45) is 0 Å². The normalized spacial score (nSPS) is 11.1. The van der Waals surface area contributed by atoms with Gasteiger partial charge in [0.05, 0.1) is 11.5 Å². The van der Waals surface area contributed by atoms with E-state index in [0.717, 1.165) is 24.3 Å². The second kappa shape index (κ2) is 5.83. The number of anilines is 1. The van der Waals surface area contributed by atoms with Crippen LogP contribution < -0.4 is 5.32 Å². The van der Waals surface area contributed by atoms with E-state index in [1.165, 1.54) is 5.56 Å². The zero-order valence-corrected chi connectivity index (χ0v) is 12.4. The van der Waals surface area contributed by atoms with Gasteiger partial charge in [0.2, 0.25) is 0 Å². The first kappa shape index (κ1) is 14.2. The highest BCUT2D eigenvalue weighted by molar-refractivity contribution is 5.47. The van der Waals surface area contributed by atoms with Crippen LogP contribution in [0.5, 0.6) is 0 Å². The molecule has 0 saturated carbocycles. The van der Waals surface area contributed by atoms with Gasteiger partial charge in [-0.3, -0.25) is 0 Å². The van der Waals surface area contributed by atoms with Gasteiger partial charge >= 0.3 is 0 Å². The predicted molar refractivity (Wildman–Crippen MR) is 82.5 cm³/mol. The molecule has 20 heavy (non-hydrogen) atoms. The largest absolute Gasteiger partial charge is 0.381 e. The molecule has 2 rings (SSSR count). The van der Waals surface area contributed by atoms with Gasteiger partial charge in [0, 0.05) is 31.2 Å². The third-order valence-corrected chi connectivity index (χ3v) is 3.56. The molecule has 0 aliphatic rings. The van der Waals surface area contributed by atoms with E-state index < -0.39 is 5.41 Å². The van der Waals surface area contributed by atoms with Crippen LogP contribution in [0.15, 0.2) is 42.7 Å². The van der Waals surface area contributed by atoms with Crippen LogP contribution in [0.3, 0.4) is 0 Å². The number of nitrogens with one attached hydrogen (secondary N) is 1. The highest BCUT2D eigenvalue weighted by Gasteiger charge is 2.18. The summed E-state index contributed by atoms with van der Waals surface area (Å²) in [6, 6.07) is 12.5. The molecule has 1 N–H and O–H groups in total.